The van der Waals surface area contributed by atoms with Gasteiger partial charge in [0.1, 0.15) is 0 Å². The Morgan fingerprint density at radius 3 is 2.73 bits per heavy atom. The maximum atomic E-state index is 8.82. The first-order valence-electron chi connectivity index (χ1n) is 4.61. The quantitative estimate of drug-likeness (QED) is 0.644. The molecular formula is C9H19NO. The molecule has 0 amide bonds. The first-order valence-corrected chi connectivity index (χ1v) is 4.61. The molecule has 0 aliphatic heterocycles. The molecule has 0 aromatic rings. The van der Waals surface area contributed by atoms with Crippen LogP contribution in [0.2, 0.25) is 0 Å². The van der Waals surface area contributed by atoms with E-state index < -0.39 is 0 Å². The minimum atomic E-state index is 0.253. The van der Waals surface area contributed by atoms with Crippen molar-refractivity contribution in [3.63, 3.8) is 0 Å². The zero-order chi connectivity index (χ0) is 8.27. The number of aliphatic hydroxyl groups is 1. The van der Waals surface area contributed by atoms with Crippen LogP contribution in [0, 0.1) is 5.92 Å². The molecule has 1 saturated carbocycles. The van der Waals surface area contributed by atoms with E-state index in [0.29, 0.717) is 6.04 Å². The van der Waals surface area contributed by atoms with Crippen LogP contribution in [0.4, 0.5) is 0 Å². The zero-order valence-corrected chi connectivity index (χ0v) is 7.51. The molecular weight excluding hydrogens is 138 g/mol. The molecule has 11 heavy (non-hydrogen) atoms. The monoisotopic (exact) mass is 157 g/mol. The summed E-state index contributed by atoms with van der Waals surface area (Å²) >= 11 is 0. The smallest absolute Gasteiger partial charge is 0.0582 e. The number of rotatable bonds is 3. The van der Waals surface area contributed by atoms with E-state index in [1.165, 1.54) is 19.3 Å². The van der Waals surface area contributed by atoms with Crippen molar-refractivity contribution in [1.29, 1.82) is 0 Å². The van der Waals surface area contributed by atoms with Gasteiger partial charge in [0.25, 0.3) is 0 Å². The summed E-state index contributed by atoms with van der Waals surface area (Å²) in [6.45, 7) is 4.57. The minimum Gasteiger partial charge on any atom is -0.395 e. The van der Waals surface area contributed by atoms with Gasteiger partial charge in [-0.1, -0.05) is 13.3 Å². The molecule has 1 rings (SSSR count). The lowest BCUT2D eigenvalue weighted by Crippen LogP contribution is -2.39. The van der Waals surface area contributed by atoms with Crippen molar-refractivity contribution >= 4 is 0 Å². The second-order valence-electron chi connectivity index (χ2n) is 3.76. The highest BCUT2D eigenvalue weighted by Gasteiger charge is 2.23. The van der Waals surface area contributed by atoms with Crippen molar-refractivity contribution in [3.8, 4) is 0 Å². The first-order chi connectivity index (χ1) is 5.24. The summed E-state index contributed by atoms with van der Waals surface area (Å²) in [6, 6.07) is 0.915. The highest BCUT2D eigenvalue weighted by atomic mass is 16.3. The van der Waals surface area contributed by atoms with E-state index in [4.69, 9.17) is 5.11 Å². The van der Waals surface area contributed by atoms with Crippen LogP contribution in [0.25, 0.3) is 0 Å². The molecule has 1 aliphatic rings. The van der Waals surface area contributed by atoms with Crippen molar-refractivity contribution in [3.05, 3.63) is 0 Å². The highest BCUT2D eigenvalue weighted by molar-refractivity contribution is 4.81. The van der Waals surface area contributed by atoms with E-state index in [0.717, 1.165) is 5.92 Å². The van der Waals surface area contributed by atoms with E-state index in [2.05, 4.69) is 12.2 Å². The lowest BCUT2D eigenvalue weighted by Gasteiger charge is -2.21. The molecule has 0 aromatic carbocycles. The molecule has 66 valence electrons. The van der Waals surface area contributed by atoms with E-state index in [1.807, 2.05) is 6.92 Å². The van der Waals surface area contributed by atoms with E-state index in [-0.39, 0.29) is 12.6 Å². The fourth-order valence-electron chi connectivity index (χ4n) is 1.81. The normalized spacial score (nSPS) is 34.1. The van der Waals surface area contributed by atoms with Crippen LogP contribution in [0.15, 0.2) is 0 Å². The molecule has 1 fully saturated rings. The summed E-state index contributed by atoms with van der Waals surface area (Å²) in [4.78, 5) is 0. The van der Waals surface area contributed by atoms with Crippen LogP contribution < -0.4 is 5.32 Å². The fraction of sp³-hybridized carbons (Fsp3) is 1.00. The van der Waals surface area contributed by atoms with Gasteiger partial charge < -0.3 is 10.4 Å². The second-order valence-corrected chi connectivity index (χ2v) is 3.76. The molecule has 1 aliphatic carbocycles. The lowest BCUT2D eigenvalue weighted by atomic mass is 10.1. The van der Waals surface area contributed by atoms with Gasteiger partial charge in [-0.2, -0.15) is 0 Å². The van der Waals surface area contributed by atoms with Gasteiger partial charge in [-0.05, 0) is 25.7 Å². The molecule has 0 saturated heterocycles. The number of hydrogen-bond donors (Lipinski definition) is 2. The zero-order valence-electron chi connectivity index (χ0n) is 7.51. The van der Waals surface area contributed by atoms with Crippen LogP contribution in [0.5, 0.6) is 0 Å². The highest BCUT2D eigenvalue weighted by Crippen LogP contribution is 2.24. The lowest BCUT2D eigenvalue weighted by molar-refractivity contribution is 0.232. The largest absolute Gasteiger partial charge is 0.395 e. The van der Waals surface area contributed by atoms with Crippen LogP contribution >= 0.6 is 0 Å². The molecule has 3 atom stereocenters. The molecule has 0 heterocycles. The minimum absolute atomic E-state index is 0.253. The van der Waals surface area contributed by atoms with Gasteiger partial charge in [0.2, 0.25) is 0 Å². The molecule has 0 spiro atoms. The third-order valence-electron chi connectivity index (χ3n) is 2.63. The van der Waals surface area contributed by atoms with E-state index in [1.54, 1.807) is 0 Å². The summed E-state index contributed by atoms with van der Waals surface area (Å²) in [5.74, 6) is 0.795. The van der Waals surface area contributed by atoms with Gasteiger partial charge in [-0.15, -0.1) is 0 Å². The Labute approximate surface area is 69.0 Å². The maximum Gasteiger partial charge on any atom is 0.0582 e. The van der Waals surface area contributed by atoms with E-state index >= 15 is 0 Å². The Morgan fingerprint density at radius 2 is 2.27 bits per heavy atom. The topological polar surface area (TPSA) is 32.3 Å². The molecule has 2 heteroatoms. The number of hydrogen-bond acceptors (Lipinski definition) is 2. The van der Waals surface area contributed by atoms with Crippen molar-refractivity contribution < 1.29 is 5.11 Å². The van der Waals surface area contributed by atoms with Crippen LogP contribution in [-0.4, -0.2) is 23.8 Å². The standard InChI is InChI=1S/C9H19NO/c1-7-4-3-5-9(7)10-8(2)6-11/h7-11H,3-6H2,1-2H3/t7-,8+,9+/m1/s1. The van der Waals surface area contributed by atoms with Gasteiger partial charge in [0, 0.05) is 12.1 Å². The maximum absolute atomic E-state index is 8.82. The van der Waals surface area contributed by atoms with Crippen molar-refractivity contribution in [2.24, 2.45) is 5.92 Å². The number of aliphatic hydroxyl groups excluding tert-OH is 1. The van der Waals surface area contributed by atoms with E-state index in [9.17, 15) is 0 Å². The van der Waals surface area contributed by atoms with Crippen molar-refractivity contribution in [1.82, 2.24) is 5.32 Å². The summed E-state index contributed by atoms with van der Waals surface area (Å²) < 4.78 is 0. The van der Waals surface area contributed by atoms with Crippen LogP contribution in [-0.2, 0) is 0 Å². The molecule has 2 nitrogen and oxygen atoms in total. The predicted octanol–water partition coefficient (Wildman–Crippen LogP) is 1.15. The average Bonchev–Trinajstić information content (AvgIpc) is 2.37. The van der Waals surface area contributed by atoms with Crippen molar-refractivity contribution in [2.45, 2.75) is 45.2 Å². The van der Waals surface area contributed by atoms with Crippen molar-refractivity contribution in [2.75, 3.05) is 6.61 Å². The van der Waals surface area contributed by atoms with Gasteiger partial charge in [-0.3, -0.25) is 0 Å². The second kappa shape index (κ2) is 4.07. The third-order valence-corrected chi connectivity index (χ3v) is 2.63. The first kappa shape index (κ1) is 9.01. The number of nitrogens with one attached hydrogen (secondary N) is 1. The summed E-state index contributed by atoms with van der Waals surface area (Å²) in [7, 11) is 0. The predicted molar refractivity (Wildman–Crippen MR) is 46.5 cm³/mol. The Hall–Kier alpha value is -0.0800. The molecule has 0 bridgehead atoms. The summed E-state index contributed by atoms with van der Waals surface area (Å²) in [6.07, 6.45) is 3.97. The summed E-state index contributed by atoms with van der Waals surface area (Å²) in [5.41, 5.74) is 0. The van der Waals surface area contributed by atoms with Crippen LogP contribution in [0.1, 0.15) is 33.1 Å². The van der Waals surface area contributed by atoms with Gasteiger partial charge in [-0.25, -0.2) is 0 Å². The SMILES string of the molecule is C[C@@H]1CCC[C@@H]1N[C@@H](C)CO. The third kappa shape index (κ3) is 2.46. The Morgan fingerprint density at radius 1 is 1.55 bits per heavy atom. The van der Waals surface area contributed by atoms with Gasteiger partial charge >= 0.3 is 0 Å². The van der Waals surface area contributed by atoms with Gasteiger partial charge in [0.05, 0.1) is 6.61 Å². The Kier molecular flexibility index (Phi) is 3.34. The molecule has 2 N–H and O–H groups in total. The molecule has 0 aromatic heterocycles. The molecule has 0 unspecified atom stereocenters. The average molecular weight is 157 g/mol. The van der Waals surface area contributed by atoms with Gasteiger partial charge in [0.15, 0.2) is 0 Å². The molecule has 0 radical (unpaired) electrons. The summed E-state index contributed by atoms with van der Waals surface area (Å²) in [5, 5.41) is 12.2. The Bertz CT molecular complexity index is 116. The van der Waals surface area contributed by atoms with Crippen LogP contribution in [0.3, 0.4) is 0 Å². The Balaban J connectivity index is 2.24. The fourth-order valence-corrected chi connectivity index (χ4v) is 1.81.